The average molecular weight is 567 g/mol. The summed E-state index contributed by atoms with van der Waals surface area (Å²) in [5, 5.41) is 0. The van der Waals surface area contributed by atoms with Crippen molar-refractivity contribution >= 4 is 18.1 Å². The van der Waals surface area contributed by atoms with Crippen LogP contribution in [0.4, 0.5) is 13.2 Å². The molecule has 0 saturated heterocycles. The van der Waals surface area contributed by atoms with Gasteiger partial charge in [-0.2, -0.15) is 13.2 Å². The van der Waals surface area contributed by atoms with E-state index in [4.69, 9.17) is 9.15 Å². The number of imidazole rings is 1. The summed E-state index contributed by atoms with van der Waals surface area (Å²) >= 11 is 0. The molecule has 2 heterocycles. The molecule has 2 aromatic heterocycles. The zero-order valence-electron chi connectivity index (χ0n) is 23.1. The van der Waals surface area contributed by atoms with Gasteiger partial charge in [-0.1, -0.05) is 24.3 Å². The van der Waals surface area contributed by atoms with Gasteiger partial charge in [0, 0.05) is 52.0 Å². The Morgan fingerprint density at radius 1 is 1.02 bits per heavy atom. The molecular weight excluding hydrogens is 533 g/mol. The van der Waals surface area contributed by atoms with Crippen molar-refractivity contribution in [2.24, 2.45) is 0 Å². The molecule has 0 aliphatic rings. The summed E-state index contributed by atoms with van der Waals surface area (Å²) in [4.78, 5) is 22.2. The molecule has 0 bridgehead atoms. The lowest BCUT2D eigenvalue weighted by Crippen LogP contribution is -2.22. The van der Waals surface area contributed by atoms with Crippen molar-refractivity contribution in [3.05, 3.63) is 101 Å². The maximum Gasteiger partial charge on any atom is 0.416 e. The predicted octanol–water partition coefficient (Wildman–Crippen LogP) is 6.68. The molecule has 216 valence electrons. The molecule has 0 spiro atoms. The highest BCUT2D eigenvalue weighted by atomic mass is 19.4. The van der Waals surface area contributed by atoms with Crippen LogP contribution in [0.5, 0.6) is 5.75 Å². The number of halogens is 3. The molecule has 0 unspecified atom stereocenters. The van der Waals surface area contributed by atoms with E-state index in [1.807, 2.05) is 30.5 Å². The fourth-order valence-corrected chi connectivity index (χ4v) is 4.15. The van der Waals surface area contributed by atoms with E-state index in [9.17, 15) is 18.0 Å². The summed E-state index contributed by atoms with van der Waals surface area (Å²) in [7, 11) is 3.52. The third kappa shape index (κ3) is 9.09. The van der Waals surface area contributed by atoms with Crippen LogP contribution in [0.1, 0.15) is 53.4 Å². The minimum atomic E-state index is -4.36. The van der Waals surface area contributed by atoms with E-state index in [0.717, 1.165) is 43.8 Å². The third-order valence-electron chi connectivity index (χ3n) is 6.51. The molecule has 4 rings (SSSR count). The van der Waals surface area contributed by atoms with E-state index in [1.54, 1.807) is 37.3 Å². The number of unbranched alkanes of at least 4 members (excludes halogenated alkanes) is 1. The molecule has 0 radical (unpaired) electrons. The molecule has 0 atom stereocenters. The average Bonchev–Trinajstić information content (AvgIpc) is 3.61. The summed E-state index contributed by atoms with van der Waals surface area (Å²) in [6, 6.07) is 12.8. The van der Waals surface area contributed by atoms with Crippen molar-refractivity contribution in [1.29, 1.82) is 0 Å². The zero-order valence-corrected chi connectivity index (χ0v) is 23.1. The zero-order chi connectivity index (χ0) is 29.2. The molecule has 0 N–H and O–H groups in total. The van der Waals surface area contributed by atoms with Gasteiger partial charge in [0.15, 0.2) is 0 Å². The first-order valence-electron chi connectivity index (χ1n) is 13.4. The third-order valence-corrected chi connectivity index (χ3v) is 6.51. The Balaban J connectivity index is 1.17. The second-order valence-electron chi connectivity index (χ2n) is 9.84. The van der Waals surface area contributed by atoms with Crippen molar-refractivity contribution < 1.29 is 27.1 Å². The van der Waals surface area contributed by atoms with Crippen LogP contribution in [0.25, 0.3) is 12.2 Å². The fourth-order valence-electron chi connectivity index (χ4n) is 4.15. The normalized spacial score (nSPS) is 11.7. The highest BCUT2D eigenvalue weighted by Crippen LogP contribution is 2.29. The SMILES string of the molecule is CN(C)C(=O)CCc1nccn1CCCCc1ccc(OCc2coc(/C=C/c3ccc(C(F)(F)F)cc3)n2)cc1. The van der Waals surface area contributed by atoms with Crippen molar-refractivity contribution in [3.8, 4) is 5.75 Å². The largest absolute Gasteiger partial charge is 0.487 e. The number of hydrogen-bond donors (Lipinski definition) is 0. The second-order valence-corrected chi connectivity index (χ2v) is 9.84. The number of ether oxygens (including phenoxy) is 1. The molecule has 0 aliphatic heterocycles. The molecule has 0 saturated carbocycles. The quantitative estimate of drug-likeness (QED) is 0.169. The number of nitrogens with zero attached hydrogens (tertiary/aromatic N) is 4. The summed E-state index contributed by atoms with van der Waals surface area (Å²) in [6.07, 6.45) is 8.19. The van der Waals surface area contributed by atoms with Gasteiger partial charge < -0.3 is 18.6 Å². The Bertz CT molecular complexity index is 1420. The lowest BCUT2D eigenvalue weighted by Gasteiger charge is -2.11. The lowest BCUT2D eigenvalue weighted by molar-refractivity contribution is -0.137. The van der Waals surface area contributed by atoms with Crippen LogP contribution in [0.15, 0.2) is 71.6 Å². The van der Waals surface area contributed by atoms with E-state index >= 15 is 0 Å². The number of carbonyl (C=O) groups is 1. The van der Waals surface area contributed by atoms with Gasteiger partial charge in [0.2, 0.25) is 11.8 Å². The number of aromatic nitrogens is 3. The highest BCUT2D eigenvalue weighted by Gasteiger charge is 2.29. The summed E-state index contributed by atoms with van der Waals surface area (Å²) < 4.78 is 51.4. The minimum absolute atomic E-state index is 0.102. The van der Waals surface area contributed by atoms with Crippen LogP contribution in [0, 0.1) is 0 Å². The van der Waals surface area contributed by atoms with Crippen molar-refractivity contribution in [3.63, 3.8) is 0 Å². The number of aryl methyl sites for hydroxylation is 3. The minimum Gasteiger partial charge on any atom is -0.487 e. The number of oxazole rings is 1. The molecule has 0 aliphatic carbocycles. The maximum atomic E-state index is 12.7. The summed E-state index contributed by atoms with van der Waals surface area (Å²) in [6.45, 7) is 1.09. The molecule has 1 amide bonds. The second kappa shape index (κ2) is 13.8. The van der Waals surface area contributed by atoms with Crippen molar-refractivity contribution in [1.82, 2.24) is 19.4 Å². The van der Waals surface area contributed by atoms with Crippen LogP contribution in [0.3, 0.4) is 0 Å². The highest BCUT2D eigenvalue weighted by molar-refractivity contribution is 5.75. The first-order valence-corrected chi connectivity index (χ1v) is 13.4. The number of benzene rings is 2. The molecule has 41 heavy (non-hydrogen) atoms. The Morgan fingerprint density at radius 2 is 1.78 bits per heavy atom. The van der Waals surface area contributed by atoms with Crippen LogP contribution in [-0.4, -0.2) is 39.4 Å². The van der Waals surface area contributed by atoms with E-state index in [0.29, 0.717) is 35.7 Å². The maximum absolute atomic E-state index is 12.7. The number of carbonyl (C=O) groups excluding carboxylic acids is 1. The van der Waals surface area contributed by atoms with E-state index in [-0.39, 0.29) is 12.5 Å². The number of hydrogen-bond acceptors (Lipinski definition) is 5. The smallest absolute Gasteiger partial charge is 0.416 e. The Morgan fingerprint density at radius 3 is 2.49 bits per heavy atom. The first-order chi connectivity index (χ1) is 19.7. The van der Waals surface area contributed by atoms with E-state index < -0.39 is 11.7 Å². The Hall–Kier alpha value is -4.34. The van der Waals surface area contributed by atoms with Gasteiger partial charge in [0.1, 0.15) is 30.1 Å². The van der Waals surface area contributed by atoms with Crippen LogP contribution >= 0.6 is 0 Å². The molecule has 0 fully saturated rings. The van der Waals surface area contributed by atoms with Crippen LogP contribution < -0.4 is 4.74 Å². The van der Waals surface area contributed by atoms with Gasteiger partial charge in [-0.25, -0.2) is 9.97 Å². The van der Waals surface area contributed by atoms with Gasteiger partial charge in [0.25, 0.3) is 0 Å². The number of amides is 1. The summed E-state index contributed by atoms with van der Waals surface area (Å²) in [5.74, 6) is 2.10. The molecule has 2 aromatic carbocycles. The van der Waals surface area contributed by atoms with Crippen LogP contribution in [0.2, 0.25) is 0 Å². The van der Waals surface area contributed by atoms with Gasteiger partial charge in [-0.3, -0.25) is 4.79 Å². The number of rotatable bonds is 13. The van der Waals surface area contributed by atoms with Crippen LogP contribution in [-0.2, 0) is 37.0 Å². The number of alkyl halides is 3. The standard InChI is InChI=1S/C31H33F3N4O3/c1-37(2)30(39)17-15-28-35-18-20-38(28)19-4-3-5-23-8-13-27(14-9-23)40-21-26-22-41-29(36-26)16-10-24-6-11-25(12-7-24)31(32,33)34/h6-14,16,18,20,22H,3-5,15,17,19,21H2,1-2H3/b16-10+. The van der Waals surface area contributed by atoms with Crippen molar-refractivity contribution in [2.75, 3.05) is 14.1 Å². The van der Waals surface area contributed by atoms with Gasteiger partial charge >= 0.3 is 6.18 Å². The van der Waals surface area contributed by atoms with Crippen molar-refractivity contribution in [2.45, 2.75) is 51.4 Å². The van der Waals surface area contributed by atoms with E-state index in [2.05, 4.69) is 14.5 Å². The van der Waals surface area contributed by atoms with Gasteiger partial charge in [-0.15, -0.1) is 0 Å². The monoisotopic (exact) mass is 566 g/mol. The molecule has 4 aromatic rings. The molecule has 10 heteroatoms. The summed E-state index contributed by atoms with van der Waals surface area (Å²) in [5.41, 5.74) is 1.74. The predicted molar refractivity (Wildman–Crippen MR) is 150 cm³/mol. The molecular formula is C31H33F3N4O3. The first kappa shape index (κ1) is 29.6. The lowest BCUT2D eigenvalue weighted by atomic mass is 10.1. The van der Waals surface area contributed by atoms with E-state index in [1.165, 1.54) is 24.0 Å². The fraction of sp³-hybridized carbons (Fsp3) is 0.323. The van der Waals surface area contributed by atoms with Gasteiger partial charge in [-0.05, 0) is 60.7 Å². The Kier molecular flexibility index (Phi) is 10.00. The topological polar surface area (TPSA) is 73.4 Å². The Labute approximate surface area is 237 Å². The van der Waals surface area contributed by atoms with Gasteiger partial charge in [0.05, 0.1) is 5.56 Å². The molecule has 7 nitrogen and oxygen atoms in total.